The molecule has 0 bridgehead atoms. The second-order valence-electron chi connectivity index (χ2n) is 7.91. The lowest BCUT2D eigenvalue weighted by atomic mass is 9.81. The van der Waals surface area contributed by atoms with Crippen LogP contribution in [-0.2, 0) is 9.59 Å². The van der Waals surface area contributed by atoms with E-state index in [0.717, 1.165) is 57.7 Å². The molecule has 0 aromatic carbocycles. The molecule has 2 amide bonds. The minimum absolute atomic E-state index is 0.0660. The van der Waals surface area contributed by atoms with Crippen LogP contribution in [0.2, 0.25) is 0 Å². The third-order valence-electron chi connectivity index (χ3n) is 6.14. The molecule has 3 aliphatic rings. The number of hydrogen-bond donors (Lipinski definition) is 1. The molecule has 1 aliphatic carbocycles. The first-order valence-electron chi connectivity index (χ1n) is 10.0. The number of aromatic nitrogens is 1. The highest BCUT2D eigenvalue weighted by Gasteiger charge is 2.48. The molecule has 0 radical (unpaired) electrons. The van der Waals surface area contributed by atoms with Crippen molar-refractivity contribution in [1.29, 1.82) is 0 Å². The van der Waals surface area contributed by atoms with E-state index in [1.807, 2.05) is 18.2 Å². The molecule has 27 heavy (non-hydrogen) atoms. The van der Waals surface area contributed by atoms with E-state index >= 15 is 0 Å². The number of likely N-dealkylation sites (tertiary alicyclic amines) is 1. The van der Waals surface area contributed by atoms with Crippen LogP contribution in [0.4, 0.5) is 5.82 Å². The number of piperazine rings is 1. The zero-order valence-corrected chi connectivity index (χ0v) is 15.7. The van der Waals surface area contributed by atoms with Crippen LogP contribution in [0.25, 0.3) is 0 Å². The molecule has 1 N–H and O–H groups in total. The van der Waals surface area contributed by atoms with E-state index in [1.54, 1.807) is 6.20 Å². The van der Waals surface area contributed by atoms with Gasteiger partial charge in [0.15, 0.2) is 0 Å². The van der Waals surface area contributed by atoms with Gasteiger partial charge >= 0.3 is 0 Å². The summed E-state index contributed by atoms with van der Waals surface area (Å²) in [5.41, 5.74) is 0. The highest BCUT2D eigenvalue weighted by molar-refractivity contribution is 6.05. The van der Waals surface area contributed by atoms with Gasteiger partial charge < -0.3 is 10.0 Å². The van der Waals surface area contributed by atoms with E-state index in [0.29, 0.717) is 6.54 Å². The largest absolute Gasteiger partial charge is 0.390 e. The van der Waals surface area contributed by atoms with E-state index in [9.17, 15) is 14.7 Å². The summed E-state index contributed by atoms with van der Waals surface area (Å²) in [6, 6.07) is 5.90. The fourth-order valence-electron chi connectivity index (χ4n) is 4.68. The number of nitrogens with zero attached hydrogens (tertiary/aromatic N) is 4. The van der Waals surface area contributed by atoms with Gasteiger partial charge in [0, 0.05) is 38.9 Å². The fraction of sp³-hybridized carbons (Fsp3) is 0.650. The first-order chi connectivity index (χ1) is 13.1. The number of pyridine rings is 1. The molecule has 4 rings (SSSR count). The first-order valence-corrected chi connectivity index (χ1v) is 10.0. The maximum Gasteiger partial charge on any atom is 0.233 e. The first kappa shape index (κ1) is 18.4. The summed E-state index contributed by atoms with van der Waals surface area (Å²) in [4.78, 5) is 35.2. The SMILES string of the molecule is O=C1[C@H]2CCCC[C@H]2C(=O)N1CC(O)CN1CCN(c2ccccn2)CC1. The Labute approximate surface area is 160 Å². The Morgan fingerprint density at radius 1 is 1.00 bits per heavy atom. The average Bonchev–Trinajstić information content (AvgIpc) is 2.94. The number of fused-ring (bicyclic) bond motifs is 1. The van der Waals surface area contributed by atoms with Crippen molar-refractivity contribution in [3.05, 3.63) is 24.4 Å². The Morgan fingerprint density at radius 2 is 1.67 bits per heavy atom. The van der Waals surface area contributed by atoms with Gasteiger partial charge in [-0.2, -0.15) is 0 Å². The van der Waals surface area contributed by atoms with Crippen molar-refractivity contribution in [3.63, 3.8) is 0 Å². The van der Waals surface area contributed by atoms with Crippen LogP contribution >= 0.6 is 0 Å². The van der Waals surface area contributed by atoms with Gasteiger partial charge in [-0.15, -0.1) is 0 Å². The normalized spacial score (nSPS) is 27.7. The quantitative estimate of drug-likeness (QED) is 0.769. The van der Waals surface area contributed by atoms with Crippen molar-refractivity contribution in [2.24, 2.45) is 11.8 Å². The number of amides is 2. The summed E-state index contributed by atoms with van der Waals surface area (Å²) >= 11 is 0. The van der Waals surface area contributed by atoms with Crippen molar-refractivity contribution in [2.75, 3.05) is 44.2 Å². The molecule has 3 fully saturated rings. The zero-order valence-electron chi connectivity index (χ0n) is 15.7. The molecular weight excluding hydrogens is 344 g/mol. The number of anilines is 1. The molecule has 1 unspecified atom stereocenters. The summed E-state index contributed by atoms with van der Waals surface area (Å²) in [6.07, 6.45) is 4.79. The summed E-state index contributed by atoms with van der Waals surface area (Å²) in [6.45, 7) is 4.00. The van der Waals surface area contributed by atoms with Crippen LogP contribution in [0.5, 0.6) is 0 Å². The third kappa shape index (κ3) is 3.84. The number of hydrogen-bond acceptors (Lipinski definition) is 6. The number of rotatable bonds is 5. The van der Waals surface area contributed by atoms with Crippen molar-refractivity contribution >= 4 is 17.6 Å². The van der Waals surface area contributed by atoms with Gasteiger partial charge in [0.05, 0.1) is 24.5 Å². The number of carbonyl (C=O) groups is 2. The molecule has 1 aromatic rings. The molecular formula is C20H28N4O3. The van der Waals surface area contributed by atoms with Crippen LogP contribution < -0.4 is 4.90 Å². The second kappa shape index (κ2) is 7.94. The molecule has 3 atom stereocenters. The molecule has 0 spiro atoms. The molecule has 7 nitrogen and oxygen atoms in total. The lowest BCUT2D eigenvalue weighted by molar-refractivity contribution is -0.141. The van der Waals surface area contributed by atoms with E-state index in [2.05, 4.69) is 14.8 Å². The van der Waals surface area contributed by atoms with Crippen molar-refractivity contribution in [3.8, 4) is 0 Å². The van der Waals surface area contributed by atoms with Gasteiger partial charge in [-0.1, -0.05) is 18.9 Å². The predicted molar refractivity (Wildman–Crippen MR) is 101 cm³/mol. The summed E-state index contributed by atoms with van der Waals surface area (Å²) < 4.78 is 0. The molecule has 146 valence electrons. The Bertz CT molecular complexity index is 651. The zero-order chi connectivity index (χ0) is 18.8. The number of carbonyl (C=O) groups excluding carboxylic acids is 2. The van der Waals surface area contributed by atoms with Gasteiger partial charge in [0.25, 0.3) is 0 Å². The van der Waals surface area contributed by atoms with Crippen molar-refractivity contribution < 1.29 is 14.7 Å². The summed E-state index contributed by atoms with van der Waals surface area (Å²) in [5, 5.41) is 10.5. The van der Waals surface area contributed by atoms with Crippen LogP contribution in [0, 0.1) is 11.8 Å². The average molecular weight is 372 g/mol. The van der Waals surface area contributed by atoms with Crippen LogP contribution in [0.3, 0.4) is 0 Å². The Balaban J connectivity index is 1.27. The van der Waals surface area contributed by atoms with Crippen LogP contribution in [0.15, 0.2) is 24.4 Å². The van der Waals surface area contributed by atoms with E-state index in [-0.39, 0.29) is 30.2 Å². The van der Waals surface area contributed by atoms with Crippen LogP contribution in [-0.4, -0.2) is 77.1 Å². The predicted octanol–water partition coefficient (Wildman–Crippen LogP) is 0.740. The number of aliphatic hydroxyl groups excluding tert-OH is 1. The fourth-order valence-corrected chi connectivity index (χ4v) is 4.68. The maximum atomic E-state index is 12.5. The monoisotopic (exact) mass is 372 g/mol. The van der Waals surface area contributed by atoms with E-state index in [4.69, 9.17) is 0 Å². The smallest absolute Gasteiger partial charge is 0.233 e. The molecule has 2 saturated heterocycles. The minimum Gasteiger partial charge on any atom is -0.390 e. The Kier molecular flexibility index (Phi) is 5.41. The van der Waals surface area contributed by atoms with Gasteiger partial charge in [0.1, 0.15) is 5.82 Å². The van der Waals surface area contributed by atoms with E-state index in [1.165, 1.54) is 4.90 Å². The van der Waals surface area contributed by atoms with Gasteiger partial charge in [0.2, 0.25) is 11.8 Å². The topological polar surface area (TPSA) is 77.0 Å². The minimum atomic E-state index is -0.695. The lowest BCUT2D eigenvalue weighted by Gasteiger charge is -2.36. The highest BCUT2D eigenvalue weighted by Crippen LogP contribution is 2.38. The molecule has 2 aliphatic heterocycles. The number of imide groups is 1. The van der Waals surface area contributed by atoms with Gasteiger partial charge in [-0.25, -0.2) is 4.98 Å². The van der Waals surface area contributed by atoms with Crippen molar-refractivity contribution in [2.45, 2.75) is 31.8 Å². The Morgan fingerprint density at radius 3 is 2.26 bits per heavy atom. The molecule has 1 aromatic heterocycles. The third-order valence-corrected chi connectivity index (χ3v) is 6.14. The summed E-state index contributed by atoms with van der Waals surface area (Å²) in [5.74, 6) is 0.571. The van der Waals surface area contributed by atoms with Gasteiger partial charge in [-0.05, 0) is 25.0 Å². The maximum absolute atomic E-state index is 12.5. The molecule has 3 heterocycles. The second-order valence-corrected chi connectivity index (χ2v) is 7.91. The highest BCUT2D eigenvalue weighted by atomic mass is 16.3. The lowest BCUT2D eigenvalue weighted by Crippen LogP contribution is -2.50. The molecule has 1 saturated carbocycles. The van der Waals surface area contributed by atoms with Crippen LogP contribution in [0.1, 0.15) is 25.7 Å². The molecule has 7 heteroatoms. The number of aliphatic hydroxyl groups is 1. The van der Waals surface area contributed by atoms with E-state index < -0.39 is 6.10 Å². The van der Waals surface area contributed by atoms with Gasteiger partial charge in [-0.3, -0.25) is 19.4 Å². The standard InChI is InChI=1S/C20H28N4O3/c25-15(14-24-19(26)16-5-1-2-6-17(16)20(24)27)13-22-9-11-23(12-10-22)18-7-3-4-8-21-18/h3-4,7-8,15-17,25H,1-2,5-6,9-14H2/t15?,16-,17+. The Hall–Kier alpha value is -1.99. The van der Waals surface area contributed by atoms with Crippen molar-refractivity contribution in [1.82, 2.24) is 14.8 Å². The number of β-amino-alcohol motifs (C(OH)–C–C–N with tert-alkyl or cyclic N) is 1. The summed E-state index contributed by atoms with van der Waals surface area (Å²) in [7, 11) is 0.